The van der Waals surface area contributed by atoms with Crippen molar-refractivity contribution in [3.8, 4) is 5.75 Å². The smallest absolute Gasteiger partial charge is 0.321 e. The lowest BCUT2D eigenvalue weighted by atomic mass is 10.3. The maximum Gasteiger partial charge on any atom is 0.321 e. The van der Waals surface area contributed by atoms with Crippen molar-refractivity contribution in [3.05, 3.63) is 24.0 Å². The summed E-state index contributed by atoms with van der Waals surface area (Å²) in [5.74, 6) is -1.20. The third-order valence-corrected chi connectivity index (χ3v) is 1.61. The number of benzene rings is 1. The predicted molar refractivity (Wildman–Crippen MR) is 50.8 cm³/mol. The normalized spacial score (nSPS) is 9.64. The van der Waals surface area contributed by atoms with E-state index in [4.69, 9.17) is 5.11 Å². The molecule has 0 aliphatic heterocycles. The third kappa shape index (κ3) is 2.35. The van der Waals surface area contributed by atoms with E-state index in [-0.39, 0.29) is 6.03 Å². The second kappa shape index (κ2) is 3.95. The van der Waals surface area contributed by atoms with Crippen molar-refractivity contribution >= 4 is 11.7 Å². The molecule has 0 radical (unpaired) electrons. The number of urea groups is 1. The van der Waals surface area contributed by atoms with Gasteiger partial charge in [-0.05, 0) is 12.1 Å². The molecule has 2 amide bonds. The van der Waals surface area contributed by atoms with E-state index in [9.17, 15) is 9.18 Å². The number of hydrogen-bond acceptors (Lipinski definition) is 2. The minimum atomic E-state index is -0.762. The summed E-state index contributed by atoms with van der Waals surface area (Å²) in [4.78, 5) is 12.5. The zero-order chi connectivity index (χ0) is 10.7. The lowest BCUT2D eigenvalue weighted by molar-refractivity contribution is 0.230. The quantitative estimate of drug-likeness (QED) is 0.674. The molecule has 0 fully saturated rings. The molecule has 5 heteroatoms. The summed E-state index contributed by atoms with van der Waals surface area (Å²) >= 11 is 0. The Bertz CT molecular complexity index is 353. The SMILES string of the molecule is CN(C)C(=O)Nc1ccc(O)c(F)c1. The van der Waals surface area contributed by atoms with Crippen LogP contribution in [0.3, 0.4) is 0 Å². The summed E-state index contributed by atoms with van der Waals surface area (Å²) in [7, 11) is 3.15. The summed E-state index contributed by atoms with van der Waals surface area (Å²) in [6.45, 7) is 0. The van der Waals surface area contributed by atoms with E-state index in [0.29, 0.717) is 5.69 Å². The highest BCUT2D eigenvalue weighted by molar-refractivity contribution is 5.88. The van der Waals surface area contributed by atoms with Crippen LogP contribution in [0.5, 0.6) is 5.75 Å². The molecule has 0 spiro atoms. The number of carbonyl (C=O) groups is 1. The molecule has 4 nitrogen and oxygen atoms in total. The van der Waals surface area contributed by atoms with Gasteiger partial charge in [0.15, 0.2) is 11.6 Å². The van der Waals surface area contributed by atoms with Gasteiger partial charge < -0.3 is 15.3 Å². The molecule has 0 saturated carbocycles. The van der Waals surface area contributed by atoms with Gasteiger partial charge in [0, 0.05) is 25.8 Å². The fourth-order valence-electron chi connectivity index (χ4n) is 0.820. The molecule has 0 saturated heterocycles. The van der Waals surface area contributed by atoms with Crippen molar-refractivity contribution in [1.82, 2.24) is 4.90 Å². The Morgan fingerprint density at radius 3 is 2.64 bits per heavy atom. The largest absolute Gasteiger partial charge is 0.505 e. The van der Waals surface area contributed by atoms with Gasteiger partial charge in [-0.2, -0.15) is 0 Å². The Kier molecular flexibility index (Phi) is 2.91. The molecule has 0 aromatic heterocycles. The first-order valence-corrected chi connectivity index (χ1v) is 3.97. The van der Waals surface area contributed by atoms with E-state index in [2.05, 4.69) is 5.32 Å². The number of phenolic OH excluding ortho intramolecular Hbond substituents is 1. The number of nitrogens with one attached hydrogen (secondary N) is 1. The number of rotatable bonds is 1. The van der Waals surface area contributed by atoms with Crippen LogP contribution in [-0.2, 0) is 0 Å². The average molecular weight is 198 g/mol. The molecule has 0 atom stereocenters. The Labute approximate surface area is 81.0 Å². The van der Waals surface area contributed by atoms with Crippen molar-refractivity contribution in [2.45, 2.75) is 0 Å². The van der Waals surface area contributed by atoms with Gasteiger partial charge in [-0.15, -0.1) is 0 Å². The van der Waals surface area contributed by atoms with Crippen molar-refractivity contribution in [2.75, 3.05) is 19.4 Å². The van der Waals surface area contributed by atoms with Gasteiger partial charge in [-0.1, -0.05) is 0 Å². The van der Waals surface area contributed by atoms with Gasteiger partial charge in [0.25, 0.3) is 0 Å². The Balaban J connectivity index is 2.78. The summed E-state index contributed by atoms with van der Waals surface area (Å²) in [5, 5.41) is 11.3. The number of amides is 2. The van der Waals surface area contributed by atoms with Crippen LogP contribution >= 0.6 is 0 Å². The van der Waals surface area contributed by atoms with Crippen molar-refractivity contribution in [3.63, 3.8) is 0 Å². The molecular weight excluding hydrogens is 187 g/mol. The maximum absolute atomic E-state index is 12.8. The Morgan fingerprint density at radius 1 is 1.50 bits per heavy atom. The van der Waals surface area contributed by atoms with Crippen LogP contribution < -0.4 is 5.32 Å². The van der Waals surface area contributed by atoms with Crippen LogP contribution in [0.4, 0.5) is 14.9 Å². The number of nitrogens with zero attached hydrogens (tertiary/aromatic N) is 1. The molecule has 1 rings (SSSR count). The van der Waals surface area contributed by atoms with E-state index in [0.717, 1.165) is 6.07 Å². The zero-order valence-electron chi connectivity index (χ0n) is 7.91. The zero-order valence-corrected chi connectivity index (χ0v) is 7.91. The molecule has 1 aromatic rings. The molecule has 0 bridgehead atoms. The summed E-state index contributed by atoms with van der Waals surface area (Å²) in [6, 6.07) is 3.30. The highest BCUT2D eigenvalue weighted by Gasteiger charge is 2.06. The highest BCUT2D eigenvalue weighted by atomic mass is 19.1. The van der Waals surface area contributed by atoms with E-state index < -0.39 is 11.6 Å². The van der Waals surface area contributed by atoms with Crippen LogP contribution in [0.1, 0.15) is 0 Å². The van der Waals surface area contributed by atoms with E-state index in [1.165, 1.54) is 17.0 Å². The summed E-state index contributed by atoms with van der Waals surface area (Å²) in [6.07, 6.45) is 0. The van der Waals surface area contributed by atoms with Crippen molar-refractivity contribution < 1.29 is 14.3 Å². The first-order chi connectivity index (χ1) is 6.50. The first-order valence-electron chi connectivity index (χ1n) is 3.97. The van der Waals surface area contributed by atoms with Crippen LogP contribution in [0.2, 0.25) is 0 Å². The number of phenols is 1. The van der Waals surface area contributed by atoms with Gasteiger partial charge >= 0.3 is 6.03 Å². The second-order valence-corrected chi connectivity index (χ2v) is 2.99. The van der Waals surface area contributed by atoms with E-state index in [1.807, 2.05) is 0 Å². The molecule has 2 N–H and O–H groups in total. The lowest BCUT2D eigenvalue weighted by Crippen LogP contribution is -2.27. The fourth-order valence-corrected chi connectivity index (χ4v) is 0.820. The number of halogens is 1. The summed E-state index contributed by atoms with van der Waals surface area (Å²) < 4.78 is 12.8. The molecule has 76 valence electrons. The minimum Gasteiger partial charge on any atom is -0.505 e. The van der Waals surface area contributed by atoms with Crippen LogP contribution in [0, 0.1) is 5.82 Å². The fraction of sp³-hybridized carbons (Fsp3) is 0.222. The number of aromatic hydroxyl groups is 1. The predicted octanol–water partition coefficient (Wildman–Crippen LogP) is 1.62. The Hall–Kier alpha value is -1.78. The molecular formula is C9H11FN2O2. The van der Waals surface area contributed by atoms with E-state index in [1.54, 1.807) is 14.1 Å². The average Bonchev–Trinajstić information content (AvgIpc) is 2.11. The lowest BCUT2D eigenvalue weighted by Gasteiger charge is -2.11. The number of hydrogen-bond donors (Lipinski definition) is 2. The van der Waals surface area contributed by atoms with Crippen molar-refractivity contribution in [1.29, 1.82) is 0 Å². The van der Waals surface area contributed by atoms with Crippen molar-refractivity contribution in [2.24, 2.45) is 0 Å². The molecule has 1 aromatic carbocycles. The van der Waals surface area contributed by atoms with Gasteiger partial charge in [-0.3, -0.25) is 0 Å². The maximum atomic E-state index is 12.8. The van der Waals surface area contributed by atoms with Gasteiger partial charge in [0.1, 0.15) is 0 Å². The first kappa shape index (κ1) is 10.3. The highest BCUT2D eigenvalue weighted by Crippen LogP contribution is 2.19. The Morgan fingerprint density at radius 2 is 2.14 bits per heavy atom. The van der Waals surface area contributed by atoms with Crippen LogP contribution in [0.15, 0.2) is 18.2 Å². The second-order valence-electron chi connectivity index (χ2n) is 2.99. The van der Waals surface area contributed by atoms with Crippen LogP contribution in [-0.4, -0.2) is 30.1 Å². The topological polar surface area (TPSA) is 52.6 Å². The standard InChI is InChI=1S/C9H11FN2O2/c1-12(2)9(14)11-6-3-4-8(13)7(10)5-6/h3-5,13H,1-2H3,(H,11,14). The minimum absolute atomic E-state index is 0.305. The van der Waals surface area contributed by atoms with Gasteiger partial charge in [-0.25, -0.2) is 9.18 Å². The molecule has 0 aliphatic carbocycles. The summed E-state index contributed by atoms with van der Waals surface area (Å²) in [5.41, 5.74) is 0.305. The number of anilines is 1. The van der Waals surface area contributed by atoms with E-state index >= 15 is 0 Å². The monoisotopic (exact) mass is 198 g/mol. The van der Waals surface area contributed by atoms with Gasteiger partial charge in [0.2, 0.25) is 0 Å². The molecule has 14 heavy (non-hydrogen) atoms. The third-order valence-electron chi connectivity index (χ3n) is 1.61. The number of carbonyl (C=O) groups excluding carboxylic acids is 1. The molecule has 0 aliphatic rings. The van der Waals surface area contributed by atoms with Gasteiger partial charge in [0.05, 0.1) is 0 Å². The molecule has 0 heterocycles. The van der Waals surface area contributed by atoms with Crippen LogP contribution in [0.25, 0.3) is 0 Å². The molecule has 0 unspecified atom stereocenters.